The van der Waals surface area contributed by atoms with Crippen LogP contribution in [-0.2, 0) is 0 Å². The van der Waals surface area contributed by atoms with E-state index in [2.05, 4.69) is 5.32 Å². The third-order valence-corrected chi connectivity index (χ3v) is 5.61. The van der Waals surface area contributed by atoms with Crippen molar-refractivity contribution in [2.24, 2.45) is 23.7 Å². The van der Waals surface area contributed by atoms with E-state index in [9.17, 15) is 4.39 Å². The molecule has 2 heteroatoms. The highest BCUT2D eigenvalue weighted by Crippen LogP contribution is 2.59. The zero-order valence-electron chi connectivity index (χ0n) is 10.6. The van der Waals surface area contributed by atoms with Crippen LogP contribution in [0.3, 0.4) is 0 Å². The fourth-order valence-electron chi connectivity index (χ4n) is 5.03. The summed E-state index contributed by atoms with van der Waals surface area (Å²) in [7, 11) is 0. The van der Waals surface area contributed by atoms with Gasteiger partial charge in [-0.15, -0.1) is 0 Å². The summed E-state index contributed by atoms with van der Waals surface area (Å²) in [6.07, 6.45) is 7.07. The van der Waals surface area contributed by atoms with Gasteiger partial charge in [0.15, 0.2) is 0 Å². The van der Waals surface area contributed by atoms with Crippen LogP contribution in [0.25, 0.3) is 0 Å². The molecular formula is C16H20FN. The molecule has 0 heterocycles. The number of nitrogens with one attached hydrogen (secondary N) is 1. The predicted molar refractivity (Wildman–Crippen MR) is 70.9 cm³/mol. The topological polar surface area (TPSA) is 12.0 Å². The van der Waals surface area contributed by atoms with E-state index in [0.717, 1.165) is 29.4 Å². The lowest BCUT2D eigenvalue weighted by molar-refractivity contribution is 0.243. The molecule has 96 valence electrons. The minimum Gasteiger partial charge on any atom is -0.382 e. The minimum atomic E-state index is -0.137. The lowest BCUT2D eigenvalue weighted by atomic mass is 9.79. The number of fused-ring (bicyclic) bond motifs is 5. The van der Waals surface area contributed by atoms with E-state index in [1.807, 2.05) is 6.07 Å². The lowest BCUT2D eigenvalue weighted by Crippen LogP contribution is -2.33. The second-order valence-electron chi connectivity index (χ2n) is 6.42. The molecule has 3 aliphatic rings. The van der Waals surface area contributed by atoms with Gasteiger partial charge in [-0.25, -0.2) is 4.39 Å². The standard InChI is InChI=1S/C16H20FN/c17-11-3-1-4-12(9-11)18-16-8-10-7-15(16)14-6-2-5-13(10)14/h1,3-4,9-10,13-16,18H,2,5-8H2. The van der Waals surface area contributed by atoms with Crippen molar-refractivity contribution in [3.05, 3.63) is 30.1 Å². The summed E-state index contributed by atoms with van der Waals surface area (Å²) in [6.45, 7) is 0. The van der Waals surface area contributed by atoms with E-state index in [4.69, 9.17) is 0 Å². The van der Waals surface area contributed by atoms with E-state index in [1.54, 1.807) is 12.1 Å². The predicted octanol–water partition coefficient (Wildman–Crippen LogP) is 4.06. The normalized spacial score (nSPS) is 41.1. The van der Waals surface area contributed by atoms with Gasteiger partial charge in [0.2, 0.25) is 0 Å². The van der Waals surface area contributed by atoms with Crippen molar-refractivity contribution in [2.45, 2.75) is 38.1 Å². The number of rotatable bonds is 2. The van der Waals surface area contributed by atoms with Crippen LogP contribution in [0.4, 0.5) is 10.1 Å². The average Bonchev–Trinajstić information content (AvgIpc) is 2.99. The monoisotopic (exact) mass is 245 g/mol. The molecule has 0 spiro atoms. The maximum Gasteiger partial charge on any atom is 0.125 e. The summed E-state index contributed by atoms with van der Waals surface area (Å²) in [5.41, 5.74) is 0.960. The van der Waals surface area contributed by atoms with E-state index < -0.39 is 0 Å². The molecular weight excluding hydrogens is 225 g/mol. The third kappa shape index (κ3) is 1.58. The van der Waals surface area contributed by atoms with Crippen LogP contribution in [-0.4, -0.2) is 6.04 Å². The molecule has 0 aliphatic heterocycles. The Balaban J connectivity index is 1.51. The maximum absolute atomic E-state index is 13.2. The molecule has 0 aromatic heterocycles. The minimum absolute atomic E-state index is 0.137. The molecule has 2 bridgehead atoms. The first-order valence-corrected chi connectivity index (χ1v) is 7.33. The Bertz CT molecular complexity index is 458. The summed E-state index contributed by atoms with van der Waals surface area (Å²) in [5.74, 6) is 3.66. The van der Waals surface area contributed by atoms with Crippen LogP contribution in [0.5, 0.6) is 0 Å². The smallest absolute Gasteiger partial charge is 0.125 e. The van der Waals surface area contributed by atoms with Crippen LogP contribution >= 0.6 is 0 Å². The van der Waals surface area contributed by atoms with Crippen molar-refractivity contribution < 1.29 is 4.39 Å². The first kappa shape index (κ1) is 10.8. The van der Waals surface area contributed by atoms with Crippen LogP contribution < -0.4 is 5.32 Å². The van der Waals surface area contributed by atoms with E-state index in [0.29, 0.717) is 6.04 Å². The summed E-state index contributed by atoms with van der Waals surface area (Å²) in [5, 5.41) is 3.59. The van der Waals surface area contributed by atoms with Gasteiger partial charge >= 0.3 is 0 Å². The molecule has 5 atom stereocenters. The molecule has 1 N–H and O–H groups in total. The summed E-state index contributed by atoms with van der Waals surface area (Å²) in [6, 6.07) is 7.51. The van der Waals surface area contributed by atoms with Crippen LogP contribution in [0.2, 0.25) is 0 Å². The molecule has 4 rings (SSSR count). The molecule has 18 heavy (non-hydrogen) atoms. The number of anilines is 1. The quantitative estimate of drug-likeness (QED) is 0.828. The van der Waals surface area contributed by atoms with Crippen molar-refractivity contribution in [3.63, 3.8) is 0 Å². The number of halogens is 1. The van der Waals surface area contributed by atoms with E-state index in [1.165, 1.54) is 38.2 Å². The molecule has 1 aromatic carbocycles. The van der Waals surface area contributed by atoms with E-state index in [-0.39, 0.29) is 5.82 Å². The van der Waals surface area contributed by atoms with Crippen LogP contribution in [0.1, 0.15) is 32.1 Å². The molecule has 0 amide bonds. The Labute approximate surface area is 108 Å². The molecule has 0 radical (unpaired) electrons. The van der Waals surface area contributed by atoms with E-state index >= 15 is 0 Å². The van der Waals surface area contributed by atoms with Crippen molar-refractivity contribution in [2.75, 3.05) is 5.32 Å². The van der Waals surface area contributed by atoms with Gasteiger partial charge in [-0.2, -0.15) is 0 Å². The van der Waals surface area contributed by atoms with Gasteiger partial charge in [-0.3, -0.25) is 0 Å². The van der Waals surface area contributed by atoms with Crippen molar-refractivity contribution in [3.8, 4) is 0 Å². The second kappa shape index (κ2) is 3.97. The number of hydrogen-bond donors (Lipinski definition) is 1. The van der Waals surface area contributed by atoms with Gasteiger partial charge in [0, 0.05) is 11.7 Å². The molecule has 3 saturated carbocycles. The summed E-state index contributed by atoms with van der Waals surface area (Å²) >= 11 is 0. The average molecular weight is 245 g/mol. The largest absolute Gasteiger partial charge is 0.382 e. The zero-order valence-corrected chi connectivity index (χ0v) is 10.6. The molecule has 0 saturated heterocycles. The van der Waals surface area contributed by atoms with Crippen molar-refractivity contribution in [1.29, 1.82) is 0 Å². The van der Waals surface area contributed by atoms with Gasteiger partial charge in [-0.05, 0) is 67.6 Å². The first-order valence-electron chi connectivity index (χ1n) is 7.33. The highest BCUT2D eigenvalue weighted by molar-refractivity contribution is 5.44. The number of benzene rings is 1. The zero-order chi connectivity index (χ0) is 12.1. The van der Waals surface area contributed by atoms with Gasteiger partial charge in [0.05, 0.1) is 0 Å². The molecule has 1 nitrogen and oxygen atoms in total. The van der Waals surface area contributed by atoms with Gasteiger partial charge in [0.25, 0.3) is 0 Å². The van der Waals surface area contributed by atoms with Gasteiger partial charge in [0.1, 0.15) is 5.82 Å². The van der Waals surface area contributed by atoms with Gasteiger partial charge < -0.3 is 5.32 Å². The lowest BCUT2D eigenvalue weighted by Gasteiger charge is -2.32. The Morgan fingerprint density at radius 3 is 2.83 bits per heavy atom. The third-order valence-electron chi connectivity index (χ3n) is 5.61. The molecule has 3 fully saturated rings. The number of hydrogen-bond acceptors (Lipinski definition) is 1. The highest BCUT2D eigenvalue weighted by Gasteiger charge is 2.53. The Kier molecular flexibility index (Phi) is 2.39. The highest BCUT2D eigenvalue weighted by atomic mass is 19.1. The fraction of sp³-hybridized carbons (Fsp3) is 0.625. The first-order chi connectivity index (χ1) is 8.81. The second-order valence-corrected chi connectivity index (χ2v) is 6.42. The molecule has 1 aromatic rings. The Hall–Kier alpha value is -1.05. The SMILES string of the molecule is Fc1cccc(NC2CC3CC2C2CCCC32)c1. The van der Waals surface area contributed by atoms with Crippen molar-refractivity contribution >= 4 is 5.69 Å². The van der Waals surface area contributed by atoms with Crippen LogP contribution in [0, 0.1) is 29.5 Å². The Morgan fingerprint density at radius 1 is 1.06 bits per heavy atom. The molecule has 5 unspecified atom stereocenters. The summed E-state index contributed by atoms with van der Waals surface area (Å²) in [4.78, 5) is 0. The summed E-state index contributed by atoms with van der Waals surface area (Å²) < 4.78 is 13.2. The molecule has 3 aliphatic carbocycles. The fourth-order valence-corrected chi connectivity index (χ4v) is 5.03. The van der Waals surface area contributed by atoms with Crippen LogP contribution in [0.15, 0.2) is 24.3 Å². The Morgan fingerprint density at radius 2 is 1.94 bits per heavy atom. The maximum atomic E-state index is 13.2. The van der Waals surface area contributed by atoms with Gasteiger partial charge in [-0.1, -0.05) is 12.5 Å². The van der Waals surface area contributed by atoms with Crippen molar-refractivity contribution in [1.82, 2.24) is 0 Å².